The first-order chi connectivity index (χ1) is 8.56. The molecule has 0 unspecified atom stereocenters. The molecule has 2 heterocycles. The Kier molecular flexibility index (Phi) is 3.68. The van der Waals surface area contributed by atoms with Crippen LogP contribution < -0.4 is 0 Å². The molecule has 0 aliphatic heterocycles. The van der Waals surface area contributed by atoms with E-state index in [4.69, 9.17) is 11.6 Å². The summed E-state index contributed by atoms with van der Waals surface area (Å²) in [5.41, 5.74) is 3.45. The van der Waals surface area contributed by atoms with E-state index in [2.05, 4.69) is 10.1 Å². The highest BCUT2D eigenvalue weighted by Gasteiger charge is 2.10. The minimum absolute atomic E-state index is 0.0386. The minimum atomic E-state index is 0.0386. The van der Waals surface area contributed by atoms with E-state index in [1.807, 2.05) is 33.0 Å². The topological polar surface area (TPSA) is 50.9 Å². The van der Waals surface area contributed by atoms with Gasteiger partial charge >= 0.3 is 0 Å². The Morgan fingerprint density at radius 2 is 2.28 bits per heavy atom. The smallest absolute Gasteiger partial charge is 0.159 e. The predicted molar refractivity (Wildman–Crippen MR) is 73.6 cm³/mol. The molecule has 0 aliphatic carbocycles. The maximum atomic E-state index is 9.20. The number of aliphatic hydroxyl groups is 1. The average Bonchev–Trinajstić information content (AvgIpc) is 2.62. The first-order valence-electron chi connectivity index (χ1n) is 5.87. The molecule has 0 atom stereocenters. The van der Waals surface area contributed by atoms with E-state index in [9.17, 15) is 5.11 Å². The summed E-state index contributed by atoms with van der Waals surface area (Å²) >= 11 is 6.16. The lowest BCUT2D eigenvalue weighted by atomic mass is 10.1. The Bertz CT molecular complexity index is 610. The van der Waals surface area contributed by atoms with Gasteiger partial charge in [0.05, 0.1) is 12.3 Å². The molecule has 2 aromatic rings. The number of hydrogen-bond donors (Lipinski definition) is 1. The first kappa shape index (κ1) is 13.1. The molecule has 0 aliphatic rings. The van der Waals surface area contributed by atoms with Crippen molar-refractivity contribution in [3.05, 3.63) is 28.0 Å². The number of hydrogen-bond acceptors (Lipinski definition) is 3. The van der Waals surface area contributed by atoms with Crippen molar-refractivity contribution in [3.63, 3.8) is 0 Å². The fraction of sp³-hybridized carbons (Fsp3) is 0.385. The third-order valence-electron chi connectivity index (χ3n) is 3.00. The van der Waals surface area contributed by atoms with Crippen molar-refractivity contribution in [2.24, 2.45) is 7.05 Å². The molecular formula is C13H16ClN3O. The summed E-state index contributed by atoms with van der Waals surface area (Å²) in [4.78, 5) is 4.36. The number of aromatic nitrogens is 3. The van der Waals surface area contributed by atoms with Crippen LogP contribution in [0.3, 0.4) is 0 Å². The van der Waals surface area contributed by atoms with Crippen molar-refractivity contribution >= 4 is 28.7 Å². The highest BCUT2D eigenvalue weighted by molar-refractivity contribution is 6.31. The van der Waals surface area contributed by atoms with Gasteiger partial charge in [-0.05, 0) is 25.0 Å². The summed E-state index contributed by atoms with van der Waals surface area (Å²) in [6.07, 6.45) is 2.68. The Morgan fingerprint density at radius 1 is 1.56 bits per heavy atom. The molecule has 0 saturated heterocycles. The van der Waals surface area contributed by atoms with E-state index >= 15 is 0 Å². The van der Waals surface area contributed by atoms with E-state index in [1.54, 1.807) is 4.68 Å². The Labute approximate surface area is 111 Å². The zero-order chi connectivity index (χ0) is 13.3. The summed E-state index contributed by atoms with van der Waals surface area (Å²) in [6.45, 7) is 3.98. The number of aryl methyl sites for hydroxylation is 2. The molecule has 0 bridgehead atoms. The summed E-state index contributed by atoms with van der Waals surface area (Å²) < 4.78 is 1.72. The highest BCUT2D eigenvalue weighted by Crippen LogP contribution is 2.24. The Hall–Kier alpha value is -1.39. The van der Waals surface area contributed by atoms with E-state index in [0.29, 0.717) is 5.15 Å². The van der Waals surface area contributed by atoms with Crippen molar-refractivity contribution in [2.45, 2.75) is 20.3 Å². The molecule has 2 rings (SSSR count). The third-order valence-corrected chi connectivity index (χ3v) is 3.30. The molecule has 1 N–H and O–H groups in total. The summed E-state index contributed by atoms with van der Waals surface area (Å²) in [5.74, 6) is 0. The van der Waals surface area contributed by atoms with Gasteiger partial charge in [0.15, 0.2) is 5.65 Å². The molecule has 18 heavy (non-hydrogen) atoms. The number of aliphatic hydroxyl groups excluding tert-OH is 1. The van der Waals surface area contributed by atoms with Gasteiger partial charge in [0.25, 0.3) is 0 Å². The van der Waals surface area contributed by atoms with E-state index < -0.39 is 0 Å². The molecule has 4 nitrogen and oxygen atoms in total. The summed E-state index contributed by atoms with van der Waals surface area (Å²) in [5, 5.41) is 14.9. The Morgan fingerprint density at radius 3 is 2.89 bits per heavy atom. The second-order valence-corrected chi connectivity index (χ2v) is 4.62. The number of fused-ring (bicyclic) bond motifs is 1. The maximum Gasteiger partial charge on any atom is 0.159 e. The van der Waals surface area contributed by atoms with Crippen LogP contribution in [-0.2, 0) is 7.05 Å². The number of pyridine rings is 1. The van der Waals surface area contributed by atoms with Crippen LogP contribution in [0.5, 0.6) is 0 Å². The first-order valence-corrected chi connectivity index (χ1v) is 6.24. The van der Waals surface area contributed by atoms with Gasteiger partial charge in [0, 0.05) is 18.0 Å². The van der Waals surface area contributed by atoms with Crippen LogP contribution >= 0.6 is 11.6 Å². The second kappa shape index (κ2) is 5.08. The third kappa shape index (κ3) is 2.26. The van der Waals surface area contributed by atoms with Gasteiger partial charge in [-0.25, -0.2) is 4.98 Å². The molecule has 96 valence electrons. The Balaban J connectivity index is 2.62. The van der Waals surface area contributed by atoms with Crippen molar-refractivity contribution in [1.29, 1.82) is 0 Å². The van der Waals surface area contributed by atoms with Crippen LogP contribution in [-0.4, -0.2) is 26.5 Å². The predicted octanol–water partition coefficient (Wildman–Crippen LogP) is 2.72. The molecular weight excluding hydrogens is 250 g/mol. The molecule has 0 radical (unpaired) electrons. The molecule has 0 saturated carbocycles. The van der Waals surface area contributed by atoms with E-state index in [-0.39, 0.29) is 6.61 Å². The second-order valence-electron chi connectivity index (χ2n) is 4.26. The van der Waals surface area contributed by atoms with Crippen LogP contribution in [0, 0.1) is 6.92 Å². The van der Waals surface area contributed by atoms with Crippen molar-refractivity contribution in [2.75, 3.05) is 6.61 Å². The van der Waals surface area contributed by atoms with Gasteiger partial charge in [0.1, 0.15) is 5.15 Å². The highest BCUT2D eigenvalue weighted by atomic mass is 35.5. The van der Waals surface area contributed by atoms with Gasteiger partial charge < -0.3 is 5.11 Å². The maximum absolute atomic E-state index is 9.20. The molecule has 5 heteroatoms. The molecule has 0 fully saturated rings. The lowest BCUT2D eigenvalue weighted by molar-refractivity contribution is 0.329. The standard InChI is InChI=1S/C13H16ClN3O/c1-4-9(7-18)5-10-6-11-8(2)16-17(3)13(11)15-12(10)14/h5-6,18H,4,7H2,1-3H3. The molecule has 0 spiro atoms. The van der Waals surface area contributed by atoms with Crippen LogP contribution in [0.2, 0.25) is 5.15 Å². The lowest BCUT2D eigenvalue weighted by Crippen LogP contribution is -1.94. The van der Waals surface area contributed by atoms with E-state index in [1.165, 1.54) is 0 Å². The summed E-state index contributed by atoms with van der Waals surface area (Å²) in [7, 11) is 1.85. The zero-order valence-corrected chi connectivity index (χ0v) is 11.5. The van der Waals surface area contributed by atoms with Crippen molar-refractivity contribution in [1.82, 2.24) is 14.8 Å². The fourth-order valence-corrected chi connectivity index (χ4v) is 2.11. The van der Waals surface area contributed by atoms with Crippen molar-refractivity contribution in [3.8, 4) is 0 Å². The minimum Gasteiger partial charge on any atom is -0.392 e. The number of halogens is 1. The van der Waals surface area contributed by atoms with E-state index in [0.717, 1.165) is 34.3 Å². The molecule has 0 amide bonds. The SMILES string of the molecule is CCC(=Cc1cc2c(C)nn(C)c2nc1Cl)CO. The van der Waals surface area contributed by atoms with Gasteiger partial charge in [-0.2, -0.15) is 5.10 Å². The van der Waals surface area contributed by atoms with Gasteiger partial charge in [-0.15, -0.1) is 0 Å². The van der Waals surface area contributed by atoms with Crippen LogP contribution in [0.15, 0.2) is 11.6 Å². The molecule has 0 aromatic carbocycles. The number of nitrogens with zero attached hydrogens (tertiary/aromatic N) is 3. The van der Waals surface area contributed by atoms with Gasteiger partial charge in [-0.3, -0.25) is 4.68 Å². The van der Waals surface area contributed by atoms with Crippen LogP contribution in [0.1, 0.15) is 24.6 Å². The monoisotopic (exact) mass is 265 g/mol. The largest absolute Gasteiger partial charge is 0.392 e. The van der Waals surface area contributed by atoms with Crippen LogP contribution in [0.25, 0.3) is 17.1 Å². The normalized spacial score (nSPS) is 12.4. The quantitative estimate of drug-likeness (QED) is 0.868. The lowest BCUT2D eigenvalue weighted by Gasteiger charge is -2.03. The zero-order valence-electron chi connectivity index (χ0n) is 10.7. The van der Waals surface area contributed by atoms with Gasteiger partial charge in [0.2, 0.25) is 0 Å². The fourth-order valence-electron chi connectivity index (χ4n) is 1.92. The molecule has 2 aromatic heterocycles. The van der Waals surface area contributed by atoms with Crippen LogP contribution in [0.4, 0.5) is 0 Å². The van der Waals surface area contributed by atoms with Crippen molar-refractivity contribution < 1.29 is 5.11 Å². The summed E-state index contributed by atoms with van der Waals surface area (Å²) in [6, 6.07) is 1.97. The number of rotatable bonds is 3. The van der Waals surface area contributed by atoms with Gasteiger partial charge in [-0.1, -0.05) is 24.6 Å². The average molecular weight is 266 g/mol.